The summed E-state index contributed by atoms with van der Waals surface area (Å²) in [5.41, 5.74) is 6.35. The molecule has 0 aromatic heterocycles. The Morgan fingerprint density at radius 2 is 1.70 bits per heavy atom. The molecule has 2 aromatic carbocycles. The number of carbonyl (C=O) groups is 1. The van der Waals surface area contributed by atoms with E-state index in [0.29, 0.717) is 5.56 Å². The highest BCUT2D eigenvalue weighted by Crippen LogP contribution is 2.27. The van der Waals surface area contributed by atoms with Crippen LogP contribution in [-0.4, -0.2) is 11.1 Å². The van der Waals surface area contributed by atoms with E-state index in [1.165, 1.54) is 11.1 Å². The molecule has 0 heterocycles. The van der Waals surface area contributed by atoms with Gasteiger partial charge < -0.3 is 5.11 Å². The van der Waals surface area contributed by atoms with Crippen molar-refractivity contribution in [3.05, 3.63) is 58.7 Å². The third-order valence-electron chi connectivity index (χ3n) is 3.75. The molecule has 2 rings (SSSR count). The molecule has 0 fully saturated rings. The highest BCUT2D eigenvalue weighted by molar-refractivity contribution is 5.89. The van der Waals surface area contributed by atoms with Crippen molar-refractivity contribution in [1.82, 2.24) is 0 Å². The molecule has 0 aliphatic carbocycles. The van der Waals surface area contributed by atoms with E-state index in [2.05, 4.69) is 32.0 Å². The highest BCUT2D eigenvalue weighted by atomic mass is 16.4. The maximum absolute atomic E-state index is 11.0. The lowest BCUT2D eigenvalue weighted by molar-refractivity contribution is 0.0697. The number of aryl methyl sites for hydroxylation is 3. The van der Waals surface area contributed by atoms with Crippen LogP contribution in [0, 0.1) is 6.92 Å². The van der Waals surface area contributed by atoms with Gasteiger partial charge in [0.2, 0.25) is 0 Å². The summed E-state index contributed by atoms with van der Waals surface area (Å²) in [7, 11) is 0. The summed E-state index contributed by atoms with van der Waals surface area (Å²) in [6, 6.07) is 11.8. The fraction of sp³-hybridized carbons (Fsp3) is 0.278. The average molecular weight is 268 g/mol. The first-order valence-electron chi connectivity index (χ1n) is 7.03. The minimum absolute atomic E-state index is 0.340. The van der Waals surface area contributed by atoms with Crippen LogP contribution >= 0.6 is 0 Å². The molecule has 0 radical (unpaired) electrons. The maximum atomic E-state index is 11.0. The second kappa shape index (κ2) is 5.91. The van der Waals surface area contributed by atoms with Crippen molar-refractivity contribution in [3.8, 4) is 11.1 Å². The third-order valence-corrected chi connectivity index (χ3v) is 3.75. The lowest BCUT2D eigenvalue weighted by Gasteiger charge is -2.11. The van der Waals surface area contributed by atoms with E-state index in [9.17, 15) is 4.79 Å². The number of benzene rings is 2. The molecule has 0 amide bonds. The van der Waals surface area contributed by atoms with Crippen LogP contribution in [0.15, 0.2) is 36.4 Å². The summed E-state index contributed by atoms with van der Waals surface area (Å²) in [6.07, 6.45) is 2.06. The summed E-state index contributed by atoms with van der Waals surface area (Å²) in [4.78, 5) is 11.0. The second-order valence-electron chi connectivity index (χ2n) is 5.03. The Hall–Kier alpha value is -2.09. The summed E-state index contributed by atoms with van der Waals surface area (Å²) in [5, 5.41) is 9.02. The van der Waals surface area contributed by atoms with Gasteiger partial charge >= 0.3 is 5.97 Å². The van der Waals surface area contributed by atoms with Crippen LogP contribution in [0.5, 0.6) is 0 Å². The van der Waals surface area contributed by atoms with E-state index >= 15 is 0 Å². The molecule has 2 aromatic rings. The standard InChI is InChI=1S/C18H20O2/c1-4-13-6-7-15(11-14(13)5-2)17-9-8-16(18(19)20)10-12(17)3/h6-11H,4-5H2,1-3H3,(H,19,20). The first-order valence-corrected chi connectivity index (χ1v) is 7.03. The van der Waals surface area contributed by atoms with Crippen LogP contribution in [0.2, 0.25) is 0 Å². The molecule has 0 aliphatic rings. The molecule has 104 valence electrons. The van der Waals surface area contributed by atoms with Crippen molar-refractivity contribution in [2.75, 3.05) is 0 Å². The van der Waals surface area contributed by atoms with Crippen LogP contribution in [0.25, 0.3) is 11.1 Å². The van der Waals surface area contributed by atoms with Crippen molar-refractivity contribution >= 4 is 5.97 Å². The molecule has 2 nitrogen and oxygen atoms in total. The number of hydrogen-bond acceptors (Lipinski definition) is 1. The molecule has 1 N–H and O–H groups in total. The lowest BCUT2D eigenvalue weighted by atomic mass is 9.93. The van der Waals surface area contributed by atoms with E-state index in [1.54, 1.807) is 12.1 Å². The van der Waals surface area contributed by atoms with Crippen LogP contribution in [0.4, 0.5) is 0 Å². The van der Waals surface area contributed by atoms with Crippen molar-refractivity contribution in [3.63, 3.8) is 0 Å². The zero-order chi connectivity index (χ0) is 14.7. The summed E-state index contributed by atoms with van der Waals surface area (Å²) in [6.45, 7) is 6.29. The fourth-order valence-electron chi connectivity index (χ4n) is 2.59. The quantitative estimate of drug-likeness (QED) is 0.887. The fourth-order valence-corrected chi connectivity index (χ4v) is 2.59. The van der Waals surface area contributed by atoms with E-state index in [1.807, 2.05) is 13.0 Å². The minimum Gasteiger partial charge on any atom is -0.478 e. The topological polar surface area (TPSA) is 37.3 Å². The van der Waals surface area contributed by atoms with E-state index < -0.39 is 5.97 Å². The van der Waals surface area contributed by atoms with Gasteiger partial charge in [-0.1, -0.05) is 38.1 Å². The summed E-state index contributed by atoms with van der Waals surface area (Å²) in [5.74, 6) is -0.879. The van der Waals surface area contributed by atoms with Crippen molar-refractivity contribution < 1.29 is 9.90 Å². The predicted octanol–water partition coefficient (Wildman–Crippen LogP) is 4.49. The summed E-state index contributed by atoms with van der Waals surface area (Å²) < 4.78 is 0. The zero-order valence-electron chi connectivity index (χ0n) is 12.2. The van der Waals surface area contributed by atoms with Gasteiger partial charge in [-0.15, -0.1) is 0 Å². The Labute approximate surface area is 120 Å². The Bertz CT molecular complexity index is 642. The average Bonchev–Trinajstić information content (AvgIpc) is 2.46. The minimum atomic E-state index is -0.879. The van der Waals surface area contributed by atoms with Crippen molar-refractivity contribution in [2.24, 2.45) is 0 Å². The number of hydrogen-bond donors (Lipinski definition) is 1. The number of aromatic carboxylic acids is 1. The van der Waals surface area contributed by atoms with Crippen LogP contribution in [0.1, 0.15) is 40.9 Å². The monoisotopic (exact) mass is 268 g/mol. The Morgan fingerprint density at radius 3 is 2.25 bits per heavy atom. The molecule has 0 unspecified atom stereocenters. The first-order chi connectivity index (χ1) is 9.56. The van der Waals surface area contributed by atoms with Gasteiger partial charge in [0.15, 0.2) is 0 Å². The van der Waals surface area contributed by atoms with Crippen molar-refractivity contribution in [1.29, 1.82) is 0 Å². The number of carboxylic acids is 1. The largest absolute Gasteiger partial charge is 0.478 e. The van der Waals surface area contributed by atoms with Gasteiger partial charge in [0.05, 0.1) is 5.56 Å². The number of rotatable bonds is 4. The van der Waals surface area contributed by atoms with Gasteiger partial charge in [-0.05, 0) is 59.7 Å². The second-order valence-corrected chi connectivity index (χ2v) is 5.03. The zero-order valence-corrected chi connectivity index (χ0v) is 12.2. The SMILES string of the molecule is CCc1ccc(-c2ccc(C(=O)O)cc2C)cc1CC. The molecule has 0 spiro atoms. The van der Waals surface area contributed by atoms with Gasteiger partial charge in [-0.25, -0.2) is 4.79 Å². The Morgan fingerprint density at radius 1 is 1.00 bits per heavy atom. The van der Waals surface area contributed by atoms with Gasteiger partial charge in [-0.2, -0.15) is 0 Å². The van der Waals surface area contributed by atoms with Gasteiger partial charge in [0.1, 0.15) is 0 Å². The van der Waals surface area contributed by atoms with E-state index in [0.717, 1.165) is 29.5 Å². The molecule has 0 atom stereocenters. The maximum Gasteiger partial charge on any atom is 0.335 e. The molecule has 0 bridgehead atoms. The molecule has 0 saturated carbocycles. The first kappa shape index (κ1) is 14.3. The molecule has 0 saturated heterocycles. The number of carboxylic acid groups (broad SMARTS) is 1. The van der Waals surface area contributed by atoms with Gasteiger partial charge in [0, 0.05) is 0 Å². The van der Waals surface area contributed by atoms with Crippen LogP contribution in [0.3, 0.4) is 0 Å². The molecule has 2 heteroatoms. The smallest absolute Gasteiger partial charge is 0.335 e. The lowest BCUT2D eigenvalue weighted by Crippen LogP contribution is -1.98. The normalized spacial score (nSPS) is 10.6. The third kappa shape index (κ3) is 2.74. The molecule has 20 heavy (non-hydrogen) atoms. The molecular weight excluding hydrogens is 248 g/mol. The van der Waals surface area contributed by atoms with Gasteiger partial charge in [-0.3, -0.25) is 0 Å². The van der Waals surface area contributed by atoms with Crippen LogP contribution in [-0.2, 0) is 12.8 Å². The van der Waals surface area contributed by atoms with Crippen LogP contribution < -0.4 is 0 Å². The van der Waals surface area contributed by atoms with Gasteiger partial charge in [0.25, 0.3) is 0 Å². The Balaban J connectivity index is 2.49. The van der Waals surface area contributed by atoms with E-state index in [-0.39, 0.29) is 0 Å². The van der Waals surface area contributed by atoms with Crippen molar-refractivity contribution in [2.45, 2.75) is 33.6 Å². The predicted molar refractivity (Wildman–Crippen MR) is 82.3 cm³/mol. The molecular formula is C18H20O2. The summed E-state index contributed by atoms with van der Waals surface area (Å²) >= 11 is 0. The molecule has 0 aliphatic heterocycles. The highest BCUT2D eigenvalue weighted by Gasteiger charge is 2.08. The Kier molecular flexibility index (Phi) is 4.23. The van der Waals surface area contributed by atoms with E-state index in [4.69, 9.17) is 5.11 Å².